The summed E-state index contributed by atoms with van der Waals surface area (Å²) in [6, 6.07) is 5.72. The van der Waals surface area contributed by atoms with Crippen LogP contribution in [-0.4, -0.2) is 37.1 Å². The third kappa shape index (κ3) is 3.07. The molecule has 0 bridgehead atoms. The molecule has 0 radical (unpaired) electrons. The number of carbonyl (C=O) groups excluding carboxylic acids is 1. The van der Waals surface area contributed by atoms with E-state index in [1.807, 2.05) is 7.05 Å². The standard InChI is InChI=1S/C15H21NO3/c1-10(2)11(3)16(4)8-13(17)12-5-6-14-15(7-12)19-9-18-14/h5-7,10-11H,8-9H2,1-4H3. The van der Waals surface area contributed by atoms with Crippen LogP contribution in [0.5, 0.6) is 11.5 Å². The van der Waals surface area contributed by atoms with Crippen LogP contribution in [0.3, 0.4) is 0 Å². The van der Waals surface area contributed by atoms with Crippen LogP contribution in [0.15, 0.2) is 18.2 Å². The first-order chi connectivity index (χ1) is 8.99. The summed E-state index contributed by atoms with van der Waals surface area (Å²) in [6.45, 7) is 7.10. The zero-order valence-electron chi connectivity index (χ0n) is 12.0. The number of rotatable bonds is 5. The maximum absolute atomic E-state index is 12.2. The SMILES string of the molecule is CC(C)C(C)N(C)CC(=O)c1ccc2c(c1)OCO2. The molecule has 0 N–H and O–H groups in total. The predicted molar refractivity (Wildman–Crippen MR) is 73.8 cm³/mol. The third-order valence-electron chi connectivity index (χ3n) is 3.75. The van der Waals surface area contributed by atoms with Crippen molar-refractivity contribution in [2.24, 2.45) is 5.92 Å². The molecule has 1 aromatic carbocycles. The Balaban J connectivity index is 2.04. The van der Waals surface area contributed by atoms with Gasteiger partial charge in [0.1, 0.15) is 0 Å². The molecule has 19 heavy (non-hydrogen) atoms. The van der Waals surface area contributed by atoms with Gasteiger partial charge in [-0.3, -0.25) is 9.69 Å². The van der Waals surface area contributed by atoms with Gasteiger partial charge in [0.2, 0.25) is 6.79 Å². The average Bonchev–Trinajstić information content (AvgIpc) is 2.84. The second-order valence-electron chi connectivity index (χ2n) is 5.39. The number of fused-ring (bicyclic) bond motifs is 1. The van der Waals surface area contributed by atoms with Gasteiger partial charge in [-0.05, 0) is 38.1 Å². The average molecular weight is 263 g/mol. The first-order valence-electron chi connectivity index (χ1n) is 6.62. The lowest BCUT2D eigenvalue weighted by molar-refractivity contribution is 0.0906. The lowest BCUT2D eigenvalue weighted by atomic mass is 10.0. The minimum absolute atomic E-state index is 0.105. The molecule has 1 unspecified atom stereocenters. The van der Waals surface area contributed by atoms with Crippen LogP contribution in [0.25, 0.3) is 0 Å². The highest BCUT2D eigenvalue weighted by atomic mass is 16.7. The molecule has 0 fully saturated rings. The molecule has 2 rings (SSSR count). The Morgan fingerprint density at radius 2 is 1.95 bits per heavy atom. The van der Waals surface area contributed by atoms with Gasteiger partial charge in [0.25, 0.3) is 0 Å². The van der Waals surface area contributed by atoms with E-state index < -0.39 is 0 Å². The lowest BCUT2D eigenvalue weighted by Gasteiger charge is -2.27. The predicted octanol–water partition coefficient (Wildman–Crippen LogP) is 2.57. The molecule has 4 heteroatoms. The molecule has 0 amide bonds. The van der Waals surface area contributed by atoms with Gasteiger partial charge in [-0.1, -0.05) is 13.8 Å². The number of ketones is 1. The maximum Gasteiger partial charge on any atom is 0.231 e. The molecule has 0 saturated carbocycles. The molecule has 104 valence electrons. The smallest absolute Gasteiger partial charge is 0.231 e. The summed E-state index contributed by atoms with van der Waals surface area (Å²) < 4.78 is 10.5. The van der Waals surface area contributed by atoms with Gasteiger partial charge in [-0.2, -0.15) is 0 Å². The Bertz CT molecular complexity index is 470. The van der Waals surface area contributed by atoms with Crippen molar-refractivity contribution in [3.63, 3.8) is 0 Å². The molecule has 0 saturated heterocycles. The Morgan fingerprint density at radius 3 is 2.63 bits per heavy atom. The molecule has 0 aliphatic carbocycles. The van der Waals surface area contributed by atoms with Gasteiger partial charge in [0.15, 0.2) is 17.3 Å². The fraction of sp³-hybridized carbons (Fsp3) is 0.533. The molecule has 0 aromatic heterocycles. The fourth-order valence-corrected chi connectivity index (χ4v) is 2.04. The molecule has 1 heterocycles. The topological polar surface area (TPSA) is 38.8 Å². The summed E-state index contributed by atoms with van der Waals surface area (Å²) in [7, 11) is 1.98. The van der Waals surface area contributed by atoms with Crippen molar-refractivity contribution in [3.05, 3.63) is 23.8 Å². The largest absolute Gasteiger partial charge is 0.454 e. The Hall–Kier alpha value is -1.55. The van der Waals surface area contributed by atoms with Crippen LogP contribution in [0, 0.1) is 5.92 Å². The van der Waals surface area contributed by atoms with Crippen LogP contribution >= 0.6 is 0 Å². The van der Waals surface area contributed by atoms with Crippen LogP contribution in [0.1, 0.15) is 31.1 Å². The van der Waals surface area contributed by atoms with E-state index in [1.165, 1.54) is 0 Å². The van der Waals surface area contributed by atoms with E-state index >= 15 is 0 Å². The zero-order chi connectivity index (χ0) is 14.0. The number of carbonyl (C=O) groups is 1. The van der Waals surface area contributed by atoms with E-state index in [2.05, 4.69) is 25.7 Å². The second-order valence-corrected chi connectivity index (χ2v) is 5.39. The molecular formula is C15H21NO3. The third-order valence-corrected chi connectivity index (χ3v) is 3.75. The lowest BCUT2D eigenvalue weighted by Crippen LogP contribution is -2.37. The molecule has 1 aliphatic rings. The number of likely N-dealkylation sites (N-methyl/N-ethyl adjacent to an activating group) is 1. The van der Waals surface area contributed by atoms with E-state index in [0.29, 0.717) is 35.6 Å². The molecule has 1 aromatic rings. The van der Waals surface area contributed by atoms with Crippen molar-refractivity contribution < 1.29 is 14.3 Å². The Morgan fingerprint density at radius 1 is 1.26 bits per heavy atom. The summed E-state index contributed by atoms with van der Waals surface area (Å²) in [6.07, 6.45) is 0. The van der Waals surface area contributed by atoms with Crippen molar-refractivity contribution in [3.8, 4) is 11.5 Å². The molecule has 4 nitrogen and oxygen atoms in total. The van der Waals surface area contributed by atoms with Crippen LogP contribution in [0.4, 0.5) is 0 Å². The van der Waals surface area contributed by atoms with Gasteiger partial charge >= 0.3 is 0 Å². The number of nitrogens with zero attached hydrogens (tertiary/aromatic N) is 1. The Kier molecular flexibility index (Phi) is 4.10. The monoisotopic (exact) mass is 263 g/mol. The highest BCUT2D eigenvalue weighted by Gasteiger charge is 2.19. The van der Waals surface area contributed by atoms with Crippen molar-refractivity contribution in [1.82, 2.24) is 4.90 Å². The van der Waals surface area contributed by atoms with Crippen molar-refractivity contribution in [2.45, 2.75) is 26.8 Å². The number of benzene rings is 1. The Labute approximate surface area is 114 Å². The normalized spacial score (nSPS) is 15.1. The molecule has 0 spiro atoms. The number of Topliss-reactive ketones (excluding diaryl/α,β-unsaturated/α-hetero) is 1. The molecule has 1 aliphatic heterocycles. The van der Waals surface area contributed by atoms with Crippen LogP contribution in [-0.2, 0) is 0 Å². The van der Waals surface area contributed by atoms with E-state index in [9.17, 15) is 4.79 Å². The van der Waals surface area contributed by atoms with Gasteiger partial charge < -0.3 is 9.47 Å². The van der Waals surface area contributed by atoms with Crippen molar-refractivity contribution >= 4 is 5.78 Å². The van der Waals surface area contributed by atoms with Crippen LogP contribution < -0.4 is 9.47 Å². The van der Waals surface area contributed by atoms with Crippen LogP contribution in [0.2, 0.25) is 0 Å². The number of hydrogen-bond acceptors (Lipinski definition) is 4. The van der Waals surface area contributed by atoms with Gasteiger partial charge in [-0.25, -0.2) is 0 Å². The summed E-state index contributed by atoms with van der Waals surface area (Å²) >= 11 is 0. The maximum atomic E-state index is 12.2. The fourth-order valence-electron chi connectivity index (χ4n) is 2.04. The van der Waals surface area contributed by atoms with E-state index in [1.54, 1.807) is 18.2 Å². The zero-order valence-corrected chi connectivity index (χ0v) is 12.0. The van der Waals surface area contributed by atoms with E-state index in [4.69, 9.17) is 9.47 Å². The number of ether oxygens (including phenoxy) is 2. The second kappa shape index (κ2) is 5.61. The van der Waals surface area contributed by atoms with Crippen molar-refractivity contribution in [2.75, 3.05) is 20.4 Å². The highest BCUT2D eigenvalue weighted by Crippen LogP contribution is 2.32. The quantitative estimate of drug-likeness (QED) is 0.765. The summed E-state index contributed by atoms with van der Waals surface area (Å²) in [5, 5.41) is 0. The minimum Gasteiger partial charge on any atom is -0.454 e. The van der Waals surface area contributed by atoms with E-state index in [-0.39, 0.29) is 12.6 Å². The van der Waals surface area contributed by atoms with Crippen molar-refractivity contribution in [1.29, 1.82) is 0 Å². The summed E-state index contributed by atoms with van der Waals surface area (Å²) in [4.78, 5) is 14.3. The minimum atomic E-state index is 0.105. The van der Waals surface area contributed by atoms with Gasteiger partial charge in [0, 0.05) is 11.6 Å². The summed E-state index contributed by atoms with van der Waals surface area (Å²) in [5.41, 5.74) is 0.673. The number of hydrogen-bond donors (Lipinski definition) is 0. The molecular weight excluding hydrogens is 242 g/mol. The first kappa shape index (κ1) is 13.9. The van der Waals surface area contributed by atoms with Gasteiger partial charge in [0.05, 0.1) is 6.54 Å². The summed E-state index contributed by atoms with van der Waals surface area (Å²) in [5.74, 6) is 1.99. The molecule has 1 atom stereocenters. The highest BCUT2D eigenvalue weighted by molar-refractivity contribution is 5.98. The first-order valence-corrected chi connectivity index (χ1v) is 6.62. The van der Waals surface area contributed by atoms with E-state index in [0.717, 1.165) is 0 Å². The van der Waals surface area contributed by atoms with Gasteiger partial charge in [-0.15, -0.1) is 0 Å².